The molecule has 0 saturated heterocycles. The van der Waals surface area contributed by atoms with E-state index in [1.165, 1.54) is 141 Å². The molecule has 6 heteroatoms. The lowest BCUT2D eigenvalue weighted by atomic mass is 10.1. The number of allylic oxidation sites excluding steroid dienone is 12. The molecule has 67 heavy (non-hydrogen) atoms. The molecule has 0 aromatic carbocycles. The summed E-state index contributed by atoms with van der Waals surface area (Å²) in [5, 5.41) is 0. The predicted octanol–water partition coefficient (Wildman–Crippen LogP) is 19.0. The van der Waals surface area contributed by atoms with Crippen LogP contribution in [0.2, 0.25) is 0 Å². The Kier molecular flexibility index (Phi) is 52.8. The van der Waals surface area contributed by atoms with Crippen molar-refractivity contribution in [3.63, 3.8) is 0 Å². The van der Waals surface area contributed by atoms with Gasteiger partial charge in [0, 0.05) is 19.3 Å². The minimum Gasteiger partial charge on any atom is -0.462 e. The van der Waals surface area contributed by atoms with E-state index in [1.807, 2.05) is 0 Å². The zero-order chi connectivity index (χ0) is 48.6. The summed E-state index contributed by atoms with van der Waals surface area (Å²) in [6.07, 6.45) is 70.3. The number of rotatable bonds is 51. The standard InChI is InChI=1S/C61H106O6/c1-4-7-10-13-16-19-22-25-27-29-30-32-34-37-39-42-45-48-51-54-60(63)66-57-58(67-61(64)55-52-49-46-43-40-35-24-21-18-15-12-9-6-3)56-65-59(62)53-50-47-44-41-38-36-33-31-28-26-23-20-17-14-11-8-5-2/h16,19,21,24-28,30,32,37,39,58H,4-15,17-18,20,22-23,29,31,33-36,38,40-57H2,1-3H3/b19-16-,24-21-,27-25-,28-26-,32-30-,39-37-/t58-/m0/s1. The second-order valence-corrected chi connectivity index (χ2v) is 18.8. The van der Waals surface area contributed by atoms with Crippen molar-refractivity contribution in [3.8, 4) is 0 Å². The van der Waals surface area contributed by atoms with Crippen LogP contribution in [0.15, 0.2) is 72.9 Å². The Morgan fingerprint density at radius 1 is 0.299 bits per heavy atom. The number of carbonyl (C=O) groups excluding carboxylic acids is 3. The summed E-state index contributed by atoms with van der Waals surface area (Å²) in [5.74, 6) is -0.929. The van der Waals surface area contributed by atoms with Crippen LogP contribution in [-0.4, -0.2) is 37.2 Å². The molecule has 0 radical (unpaired) electrons. The molecule has 0 aliphatic heterocycles. The maximum atomic E-state index is 12.8. The zero-order valence-corrected chi connectivity index (χ0v) is 44.2. The Hall–Kier alpha value is -3.15. The third kappa shape index (κ3) is 53.7. The Bertz CT molecular complexity index is 1260. The van der Waals surface area contributed by atoms with Gasteiger partial charge >= 0.3 is 17.9 Å². The molecule has 6 nitrogen and oxygen atoms in total. The minimum absolute atomic E-state index is 0.0908. The van der Waals surface area contributed by atoms with Crippen molar-refractivity contribution in [1.29, 1.82) is 0 Å². The Morgan fingerprint density at radius 3 is 0.910 bits per heavy atom. The van der Waals surface area contributed by atoms with Crippen LogP contribution >= 0.6 is 0 Å². The Balaban J connectivity index is 4.43. The van der Waals surface area contributed by atoms with Gasteiger partial charge in [0.05, 0.1) is 0 Å². The third-order valence-corrected chi connectivity index (χ3v) is 12.2. The highest BCUT2D eigenvalue weighted by molar-refractivity contribution is 5.71. The summed E-state index contributed by atoms with van der Waals surface area (Å²) < 4.78 is 16.8. The topological polar surface area (TPSA) is 78.9 Å². The van der Waals surface area contributed by atoms with E-state index >= 15 is 0 Å². The minimum atomic E-state index is -0.794. The van der Waals surface area contributed by atoms with Crippen molar-refractivity contribution < 1.29 is 28.6 Å². The van der Waals surface area contributed by atoms with Crippen LogP contribution in [0.1, 0.15) is 278 Å². The van der Waals surface area contributed by atoms with Gasteiger partial charge in [-0.3, -0.25) is 14.4 Å². The number of carbonyl (C=O) groups is 3. The van der Waals surface area contributed by atoms with E-state index in [2.05, 4.69) is 93.7 Å². The van der Waals surface area contributed by atoms with E-state index in [-0.39, 0.29) is 31.1 Å². The fourth-order valence-corrected chi connectivity index (χ4v) is 7.83. The molecule has 0 N–H and O–H groups in total. The first kappa shape index (κ1) is 63.8. The highest BCUT2D eigenvalue weighted by Crippen LogP contribution is 2.14. The van der Waals surface area contributed by atoms with Gasteiger partial charge in [-0.1, -0.05) is 216 Å². The maximum absolute atomic E-state index is 12.8. The van der Waals surface area contributed by atoms with Crippen molar-refractivity contribution in [2.75, 3.05) is 13.2 Å². The molecule has 0 heterocycles. The third-order valence-electron chi connectivity index (χ3n) is 12.2. The molecular weight excluding hydrogens is 829 g/mol. The van der Waals surface area contributed by atoms with Crippen LogP contribution in [-0.2, 0) is 28.6 Å². The summed E-state index contributed by atoms with van der Waals surface area (Å²) >= 11 is 0. The van der Waals surface area contributed by atoms with Crippen molar-refractivity contribution in [2.24, 2.45) is 0 Å². The van der Waals surface area contributed by atoms with Gasteiger partial charge < -0.3 is 14.2 Å². The molecular formula is C61H106O6. The highest BCUT2D eigenvalue weighted by Gasteiger charge is 2.19. The van der Waals surface area contributed by atoms with Crippen molar-refractivity contribution >= 4 is 17.9 Å². The molecule has 0 aliphatic carbocycles. The lowest BCUT2D eigenvalue weighted by Gasteiger charge is -2.18. The molecule has 0 spiro atoms. The second-order valence-electron chi connectivity index (χ2n) is 18.8. The predicted molar refractivity (Wildman–Crippen MR) is 288 cm³/mol. The smallest absolute Gasteiger partial charge is 0.306 e. The molecule has 0 fully saturated rings. The molecule has 0 rings (SSSR count). The van der Waals surface area contributed by atoms with Crippen LogP contribution in [0.5, 0.6) is 0 Å². The maximum Gasteiger partial charge on any atom is 0.306 e. The SMILES string of the molecule is CCCCC/C=C\C/C=C\C/C=C\C/C=C\CCCCCC(=O)OC[C@H](COC(=O)CCCCCCCCC/C=C\CCCCCCCC)OC(=O)CCCCCCC/C=C\CCCCCC. The zero-order valence-electron chi connectivity index (χ0n) is 44.2. The molecule has 0 aromatic heterocycles. The Morgan fingerprint density at radius 2 is 0.537 bits per heavy atom. The first-order valence-corrected chi connectivity index (χ1v) is 28.4. The number of esters is 3. The molecule has 386 valence electrons. The molecule has 0 aliphatic rings. The van der Waals surface area contributed by atoms with Gasteiger partial charge in [0.15, 0.2) is 6.10 Å². The lowest BCUT2D eigenvalue weighted by Crippen LogP contribution is -2.30. The molecule has 0 aromatic rings. The van der Waals surface area contributed by atoms with Gasteiger partial charge in [0.25, 0.3) is 0 Å². The summed E-state index contributed by atoms with van der Waals surface area (Å²) in [6.45, 7) is 6.57. The van der Waals surface area contributed by atoms with Crippen LogP contribution in [0, 0.1) is 0 Å². The Labute approximate surface area is 414 Å². The van der Waals surface area contributed by atoms with Crippen molar-refractivity contribution in [3.05, 3.63) is 72.9 Å². The summed E-state index contributed by atoms with van der Waals surface area (Å²) in [5.41, 5.74) is 0. The molecule has 0 unspecified atom stereocenters. The van der Waals surface area contributed by atoms with E-state index in [1.54, 1.807) is 0 Å². The first-order chi connectivity index (χ1) is 33.0. The second kappa shape index (κ2) is 55.4. The van der Waals surface area contributed by atoms with Gasteiger partial charge in [-0.2, -0.15) is 0 Å². The van der Waals surface area contributed by atoms with Gasteiger partial charge in [-0.05, 0) is 116 Å². The van der Waals surface area contributed by atoms with Crippen LogP contribution in [0.3, 0.4) is 0 Å². The van der Waals surface area contributed by atoms with Gasteiger partial charge in [-0.15, -0.1) is 0 Å². The van der Waals surface area contributed by atoms with Gasteiger partial charge in [-0.25, -0.2) is 0 Å². The van der Waals surface area contributed by atoms with Crippen LogP contribution in [0.25, 0.3) is 0 Å². The normalized spacial score (nSPS) is 12.6. The summed E-state index contributed by atoms with van der Waals surface area (Å²) in [7, 11) is 0. The highest BCUT2D eigenvalue weighted by atomic mass is 16.6. The molecule has 1 atom stereocenters. The largest absolute Gasteiger partial charge is 0.462 e. The van der Waals surface area contributed by atoms with Crippen molar-refractivity contribution in [1.82, 2.24) is 0 Å². The lowest BCUT2D eigenvalue weighted by molar-refractivity contribution is -0.167. The van der Waals surface area contributed by atoms with Crippen LogP contribution < -0.4 is 0 Å². The first-order valence-electron chi connectivity index (χ1n) is 28.4. The molecule has 0 saturated carbocycles. The van der Waals surface area contributed by atoms with E-state index in [9.17, 15) is 14.4 Å². The number of ether oxygens (including phenoxy) is 3. The molecule has 0 bridgehead atoms. The average molecular weight is 936 g/mol. The van der Waals surface area contributed by atoms with Gasteiger partial charge in [0.2, 0.25) is 0 Å². The van der Waals surface area contributed by atoms with Crippen molar-refractivity contribution in [2.45, 2.75) is 284 Å². The number of unbranched alkanes of at least 4 members (excludes halogenated alkanes) is 28. The molecule has 0 amide bonds. The van der Waals surface area contributed by atoms with E-state index in [4.69, 9.17) is 14.2 Å². The number of hydrogen-bond donors (Lipinski definition) is 0. The monoisotopic (exact) mass is 935 g/mol. The summed E-state index contributed by atoms with van der Waals surface area (Å²) in [6, 6.07) is 0. The average Bonchev–Trinajstić information content (AvgIpc) is 3.33. The number of hydrogen-bond acceptors (Lipinski definition) is 6. The summed E-state index contributed by atoms with van der Waals surface area (Å²) in [4.78, 5) is 38.1. The fraction of sp³-hybridized carbons (Fsp3) is 0.754. The van der Waals surface area contributed by atoms with E-state index in [0.29, 0.717) is 19.3 Å². The quantitative estimate of drug-likeness (QED) is 0.0262. The van der Waals surface area contributed by atoms with E-state index < -0.39 is 6.10 Å². The fourth-order valence-electron chi connectivity index (χ4n) is 7.83. The van der Waals surface area contributed by atoms with E-state index in [0.717, 1.165) is 96.3 Å². The van der Waals surface area contributed by atoms with Crippen LogP contribution in [0.4, 0.5) is 0 Å². The van der Waals surface area contributed by atoms with Gasteiger partial charge in [0.1, 0.15) is 13.2 Å².